The van der Waals surface area contributed by atoms with Gasteiger partial charge in [-0.3, -0.25) is 4.79 Å². The Kier molecular flexibility index (Phi) is 4.84. The number of esters is 1. The van der Waals surface area contributed by atoms with Crippen LogP contribution in [0.3, 0.4) is 0 Å². The molecule has 3 rings (SSSR count). The van der Waals surface area contributed by atoms with Gasteiger partial charge in [0.05, 0.1) is 12.1 Å². The highest BCUT2D eigenvalue weighted by Crippen LogP contribution is 2.19. The van der Waals surface area contributed by atoms with Crippen LogP contribution in [0.5, 0.6) is 0 Å². The van der Waals surface area contributed by atoms with E-state index in [9.17, 15) is 9.59 Å². The van der Waals surface area contributed by atoms with Crippen molar-refractivity contribution in [2.45, 2.75) is 12.6 Å². The van der Waals surface area contributed by atoms with E-state index in [1.807, 2.05) is 0 Å². The number of hydrogen-bond donors (Lipinski definition) is 1. The van der Waals surface area contributed by atoms with Gasteiger partial charge in [0, 0.05) is 5.56 Å². The average molecular weight is 336 g/mol. The van der Waals surface area contributed by atoms with Crippen LogP contribution in [0, 0.1) is 0 Å². The minimum absolute atomic E-state index is 0.338. The Morgan fingerprint density at radius 2 is 1.80 bits per heavy atom. The number of carbonyl (C=O) groups is 2. The minimum Gasteiger partial charge on any atom is -0.444 e. The lowest BCUT2D eigenvalue weighted by Crippen LogP contribution is -2.26. The molecule has 25 heavy (non-hydrogen) atoms. The lowest BCUT2D eigenvalue weighted by Gasteiger charge is -2.15. The summed E-state index contributed by atoms with van der Waals surface area (Å²) in [6, 6.07) is 15.5. The largest absolute Gasteiger partial charge is 0.444 e. The van der Waals surface area contributed by atoms with Crippen molar-refractivity contribution in [1.29, 1.82) is 0 Å². The van der Waals surface area contributed by atoms with Gasteiger partial charge in [0.15, 0.2) is 0 Å². The molecular weight excluding hydrogens is 320 g/mol. The van der Waals surface area contributed by atoms with E-state index in [2.05, 4.69) is 10.1 Å². The standard InChI is InChI=1S/C18H16N4O3/c19-17(23)16(14-4-2-1-3-5-14)25-18(24)15-8-6-13(7-9-15)10-22-12-20-11-21-22/h1-9,11-12,16H,10H2,(H2,19,23). The van der Waals surface area contributed by atoms with E-state index in [0.717, 1.165) is 5.56 Å². The van der Waals surface area contributed by atoms with Crippen LogP contribution in [0.25, 0.3) is 0 Å². The van der Waals surface area contributed by atoms with E-state index in [-0.39, 0.29) is 0 Å². The van der Waals surface area contributed by atoms with Crippen LogP contribution in [0.4, 0.5) is 0 Å². The molecular formula is C18H16N4O3. The van der Waals surface area contributed by atoms with Gasteiger partial charge in [-0.05, 0) is 17.7 Å². The topological polar surface area (TPSA) is 100 Å². The Hall–Kier alpha value is -3.48. The molecule has 0 aliphatic carbocycles. The molecule has 0 fully saturated rings. The molecule has 0 bridgehead atoms. The maximum Gasteiger partial charge on any atom is 0.339 e. The second-order valence-corrected chi connectivity index (χ2v) is 5.39. The first-order chi connectivity index (χ1) is 12.1. The first-order valence-electron chi connectivity index (χ1n) is 7.60. The van der Waals surface area contributed by atoms with Crippen LogP contribution in [-0.4, -0.2) is 26.6 Å². The normalized spacial score (nSPS) is 11.7. The molecule has 0 aliphatic rings. The summed E-state index contributed by atoms with van der Waals surface area (Å²) < 4.78 is 6.96. The predicted octanol–water partition coefficient (Wildman–Crippen LogP) is 1.71. The number of nitrogens with two attached hydrogens (primary N) is 1. The summed E-state index contributed by atoms with van der Waals surface area (Å²) in [6.07, 6.45) is 1.95. The average Bonchev–Trinajstić information content (AvgIpc) is 3.13. The molecule has 1 heterocycles. The van der Waals surface area contributed by atoms with E-state index >= 15 is 0 Å². The SMILES string of the molecule is NC(=O)C(OC(=O)c1ccc(Cn2cncn2)cc1)c1ccccc1. The lowest BCUT2D eigenvalue weighted by molar-refractivity contribution is -0.127. The van der Waals surface area contributed by atoms with Gasteiger partial charge in [-0.2, -0.15) is 5.10 Å². The summed E-state index contributed by atoms with van der Waals surface area (Å²) in [7, 11) is 0. The van der Waals surface area contributed by atoms with Crippen LogP contribution in [0.2, 0.25) is 0 Å². The molecule has 2 aromatic carbocycles. The van der Waals surface area contributed by atoms with Crippen molar-refractivity contribution >= 4 is 11.9 Å². The Morgan fingerprint density at radius 1 is 1.08 bits per heavy atom. The fourth-order valence-corrected chi connectivity index (χ4v) is 2.34. The van der Waals surface area contributed by atoms with E-state index in [0.29, 0.717) is 17.7 Å². The molecule has 1 unspecified atom stereocenters. The van der Waals surface area contributed by atoms with Crippen molar-refractivity contribution < 1.29 is 14.3 Å². The zero-order valence-electron chi connectivity index (χ0n) is 13.3. The van der Waals surface area contributed by atoms with Crippen LogP contribution >= 0.6 is 0 Å². The van der Waals surface area contributed by atoms with Gasteiger partial charge in [0.25, 0.3) is 5.91 Å². The molecule has 0 aliphatic heterocycles. The highest BCUT2D eigenvalue weighted by molar-refractivity contribution is 5.92. The molecule has 0 saturated heterocycles. The predicted molar refractivity (Wildman–Crippen MR) is 89.4 cm³/mol. The number of carbonyl (C=O) groups excluding carboxylic acids is 2. The molecule has 0 saturated carbocycles. The van der Waals surface area contributed by atoms with Gasteiger partial charge in [-0.1, -0.05) is 42.5 Å². The van der Waals surface area contributed by atoms with Crippen molar-refractivity contribution in [2.24, 2.45) is 5.73 Å². The quantitative estimate of drug-likeness (QED) is 0.691. The highest BCUT2D eigenvalue weighted by Gasteiger charge is 2.23. The van der Waals surface area contributed by atoms with Gasteiger partial charge in [0.2, 0.25) is 6.10 Å². The zero-order chi connectivity index (χ0) is 17.6. The molecule has 126 valence electrons. The molecule has 1 aromatic heterocycles. The smallest absolute Gasteiger partial charge is 0.339 e. The van der Waals surface area contributed by atoms with Gasteiger partial charge in [-0.15, -0.1) is 0 Å². The summed E-state index contributed by atoms with van der Waals surface area (Å²) in [5, 5.41) is 4.02. The second-order valence-electron chi connectivity index (χ2n) is 5.39. The van der Waals surface area contributed by atoms with Gasteiger partial charge in [0.1, 0.15) is 12.7 Å². The Balaban J connectivity index is 1.70. The van der Waals surface area contributed by atoms with Crippen molar-refractivity contribution in [3.63, 3.8) is 0 Å². The van der Waals surface area contributed by atoms with Crippen molar-refractivity contribution in [3.8, 4) is 0 Å². The number of ether oxygens (including phenoxy) is 1. The summed E-state index contributed by atoms with van der Waals surface area (Å²) in [4.78, 5) is 27.8. The molecule has 0 spiro atoms. The molecule has 1 amide bonds. The van der Waals surface area contributed by atoms with Crippen molar-refractivity contribution in [1.82, 2.24) is 14.8 Å². The fourth-order valence-electron chi connectivity index (χ4n) is 2.34. The highest BCUT2D eigenvalue weighted by atomic mass is 16.5. The Bertz CT molecular complexity index is 846. The molecule has 1 atom stereocenters. The fraction of sp³-hybridized carbons (Fsp3) is 0.111. The van der Waals surface area contributed by atoms with Crippen LogP contribution in [0.15, 0.2) is 67.3 Å². The molecule has 2 N–H and O–H groups in total. The minimum atomic E-state index is -1.12. The Labute approximate surface area is 144 Å². The van der Waals surface area contributed by atoms with Crippen molar-refractivity contribution in [2.75, 3.05) is 0 Å². The number of nitrogens with zero attached hydrogens (tertiary/aromatic N) is 3. The zero-order valence-corrected chi connectivity index (χ0v) is 13.3. The van der Waals surface area contributed by atoms with Crippen LogP contribution in [0.1, 0.15) is 27.6 Å². The van der Waals surface area contributed by atoms with E-state index in [4.69, 9.17) is 10.5 Å². The Morgan fingerprint density at radius 3 is 2.40 bits per heavy atom. The third-order valence-electron chi connectivity index (χ3n) is 3.59. The molecule has 7 heteroatoms. The molecule has 7 nitrogen and oxygen atoms in total. The maximum atomic E-state index is 12.3. The number of benzene rings is 2. The summed E-state index contributed by atoms with van der Waals surface area (Å²) in [5.41, 5.74) is 7.19. The van der Waals surface area contributed by atoms with Crippen LogP contribution in [-0.2, 0) is 16.1 Å². The van der Waals surface area contributed by atoms with Gasteiger partial charge in [-0.25, -0.2) is 14.5 Å². The third-order valence-corrected chi connectivity index (χ3v) is 3.59. The number of primary amides is 1. The maximum absolute atomic E-state index is 12.3. The van der Waals surface area contributed by atoms with E-state index in [1.54, 1.807) is 65.6 Å². The second kappa shape index (κ2) is 7.39. The van der Waals surface area contributed by atoms with E-state index < -0.39 is 18.0 Å². The van der Waals surface area contributed by atoms with Gasteiger partial charge >= 0.3 is 5.97 Å². The first-order valence-corrected chi connectivity index (χ1v) is 7.60. The molecule has 3 aromatic rings. The van der Waals surface area contributed by atoms with E-state index in [1.165, 1.54) is 6.33 Å². The monoisotopic (exact) mass is 336 g/mol. The lowest BCUT2D eigenvalue weighted by atomic mass is 10.1. The summed E-state index contributed by atoms with van der Waals surface area (Å²) in [5.74, 6) is -1.33. The van der Waals surface area contributed by atoms with Gasteiger partial charge < -0.3 is 10.5 Å². The number of aromatic nitrogens is 3. The first kappa shape index (κ1) is 16.4. The summed E-state index contributed by atoms with van der Waals surface area (Å²) in [6.45, 7) is 0.545. The number of amides is 1. The number of hydrogen-bond acceptors (Lipinski definition) is 5. The van der Waals surface area contributed by atoms with Crippen molar-refractivity contribution in [3.05, 3.63) is 83.9 Å². The van der Waals surface area contributed by atoms with Crippen LogP contribution < -0.4 is 5.73 Å². The third kappa shape index (κ3) is 4.08. The summed E-state index contributed by atoms with van der Waals surface area (Å²) >= 11 is 0. The number of rotatable bonds is 6. The molecule has 0 radical (unpaired) electrons.